The van der Waals surface area contributed by atoms with E-state index in [1.807, 2.05) is 37.3 Å². The van der Waals surface area contributed by atoms with Crippen molar-refractivity contribution in [2.75, 3.05) is 12.4 Å². The lowest BCUT2D eigenvalue weighted by molar-refractivity contribution is -0.105. The fourth-order valence-corrected chi connectivity index (χ4v) is 2.86. The minimum atomic E-state index is -0.417. The van der Waals surface area contributed by atoms with Crippen LogP contribution in [-0.2, 0) is 4.79 Å². The molecule has 0 fully saturated rings. The highest BCUT2D eigenvalue weighted by Crippen LogP contribution is 2.29. The van der Waals surface area contributed by atoms with Gasteiger partial charge in [0.15, 0.2) is 12.0 Å². The van der Waals surface area contributed by atoms with Crippen LogP contribution in [0.5, 0.6) is 5.75 Å². The summed E-state index contributed by atoms with van der Waals surface area (Å²) in [6, 6.07) is 14.4. The zero-order chi connectivity index (χ0) is 21.2. The maximum atomic E-state index is 11.9. The monoisotopic (exact) mass is 391 g/mol. The molecule has 2 rings (SSSR count). The molecule has 29 heavy (non-hydrogen) atoms. The van der Waals surface area contributed by atoms with Gasteiger partial charge in [-0.15, -0.1) is 5.73 Å². The molecule has 6 nitrogen and oxygen atoms in total. The summed E-state index contributed by atoms with van der Waals surface area (Å²) in [6.07, 6.45) is 2.95. The molecular weight excluding hydrogens is 366 g/mol. The van der Waals surface area contributed by atoms with Crippen molar-refractivity contribution in [3.8, 4) is 5.75 Å². The van der Waals surface area contributed by atoms with Crippen molar-refractivity contribution in [2.45, 2.75) is 19.4 Å². The number of phenolic OH excluding ortho intramolecular Hbond substituents is 1. The Bertz CT molecular complexity index is 945. The van der Waals surface area contributed by atoms with Crippen LogP contribution in [0.2, 0.25) is 0 Å². The SMILES string of the molecule is C=C=C/C(Nc1cccc(C(=O)NC)c1O)=C(\C=O)N[C@H](CC)c1ccccc1. The maximum absolute atomic E-state index is 11.9. The molecule has 6 heteroatoms. The highest BCUT2D eigenvalue weighted by Gasteiger charge is 2.16. The number of hydrogen-bond acceptors (Lipinski definition) is 5. The van der Waals surface area contributed by atoms with Crippen molar-refractivity contribution < 1.29 is 14.7 Å². The molecule has 0 aliphatic carbocycles. The molecule has 0 radical (unpaired) electrons. The molecular formula is C23H25N3O3. The molecule has 2 aromatic rings. The third-order valence-corrected chi connectivity index (χ3v) is 4.37. The van der Waals surface area contributed by atoms with Gasteiger partial charge in [0.2, 0.25) is 0 Å². The molecule has 4 N–H and O–H groups in total. The fraction of sp³-hybridized carbons (Fsp3) is 0.174. The fourth-order valence-electron chi connectivity index (χ4n) is 2.86. The molecule has 0 spiro atoms. The van der Waals surface area contributed by atoms with Gasteiger partial charge < -0.3 is 21.1 Å². The molecule has 1 atom stereocenters. The summed E-state index contributed by atoms with van der Waals surface area (Å²) < 4.78 is 0. The number of rotatable bonds is 9. The minimum absolute atomic E-state index is 0.0859. The van der Waals surface area contributed by atoms with E-state index in [2.05, 4.69) is 28.3 Å². The number of hydrogen-bond donors (Lipinski definition) is 4. The Labute approximate surface area is 170 Å². The summed E-state index contributed by atoms with van der Waals surface area (Å²) in [6.45, 7) is 5.59. The predicted octanol–water partition coefficient (Wildman–Crippen LogP) is 3.66. The molecule has 150 valence electrons. The summed E-state index contributed by atoms with van der Waals surface area (Å²) in [7, 11) is 1.48. The molecule has 0 unspecified atom stereocenters. The van der Waals surface area contributed by atoms with Gasteiger partial charge in [0.05, 0.1) is 28.7 Å². The van der Waals surface area contributed by atoms with Crippen LogP contribution in [0.4, 0.5) is 5.69 Å². The number of amides is 1. The Morgan fingerprint density at radius 2 is 1.90 bits per heavy atom. The normalized spacial score (nSPS) is 12.1. The number of carbonyl (C=O) groups is 2. The van der Waals surface area contributed by atoms with Gasteiger partial charge in [-0.3, -0.25) is 9.59 Å². The van der Waals surface area contributed by atoms with E-state index in [4.69, 9.17) is 0 Å². The lowest BCUT2D eigenvalue weighted by atomic mass is 10.0. The molecule has 0 saturated carbocycles. The molecule has 0 saturated heterocycles. The molecule has 0 aromatic heterocycles. The Kier molecular flexibility index (Phi) is 7.83. The number of benzene rings is 2. The van der Waals surface area contributed by atoms with Gasteiger partial charge >= 0.3 is 0 Å². The van der Waals surface area contributed by atoms with Gasteiger partial charge in [0.1, 0.15) is 0 Å². The van der Waals surface area contributed by atoms with E-state index in [-0.39, 0.29) is 28.7 Å². The summed E-state index contributed by atoms with van der Waals surface area (Å²) >= 11 is 0. The standard InChI is InChI=1S/C23H25N3O3/c1-4-10-19(26-20-14-9-13-17(22(20)28)23(29)24-3)21(15-27)25-18(5-2)16-11-7-6-8-12-16/h6-15,18,25-26,28H,1,5H2,2-3H3,(H,24,29)/b21-19-/t18-/m1/s1. The first-order chi connectivity index (χ1) is 14.0. The van der Waals surface area contributed by atoms with E-state index < -0.39 is 5.91 Å². The Morgan fingerprint density at radius 1 is 1.17 bits per heavy atom. The third kappa shape index (κ3) is 5.37. The minimum Gasteiger partial charge on any atom is -0.505 e. The van der Waals surface area contributed by atoms with E-state index in [0.29, 0.717) is 12.0 Å². The van der Waals surface area contributed by atoms with Crippen LogP contribution in [0.25, 0.3) is 0 Å². The van der Waals surface area contributed by atoms with Gasteiger partial charge in [0.25, 0.3) is 5.91 Å². The summed E-state index contributed by atoms with van der Waals surface area (Å²) in [5.41, 5.74) is 4.74. The van der Waals surface area contributed by atoms with Crippen molar-refractivity contribution in [1.29, 1.82) is 0 Å². The number of aromatic hydroxyl groups is 1. The highest BCUT2D eigenvalue weighted by molar-refractivity contribution is 5.98. The largest absolute Gasteiger partial charge is 0.505 e. The van der Waals surface area contributed by atoms with Crippen molar-refractivity contribution in [1.82, 2.24) is 10.6 Å². The lowest BCUT2D eigenvalue weighted by Crippen LogP contribution is -2.24. The first kappa shape index (κ1) is 21.5. The Balaban J connectivity index is 2.42. The van der Waals surface area contributed by atoms with Crippen LogP contribution < -0.4 is 16.0 Å². The topological polar surface area (TPSA) is 90.5 Å². The number of anilines is 1. The summed E-state index contributed by atoms with van der Waals surface area (Å²) in [5.74, 6) is -0.637. The van der Waals surface area contributed by atoms with E-state index in [1.165, 1.54) is 19.2 Å². The van der Waals surface area contributed by atoms with Gasteiger partial charge in [-0.25, -0.2) is 0 Å². The zero-order valence-electron chi connectivity index (χ0n) is 16.5. The van der Waals surface area contributed by atoms with Crippen LogP contribution in [-0.4, -0.2) is 24.3 Å². The summed E-state index contributed by atoms with van der Waals surface area (Å²) in [4.78, 5) is 23.8. The first-order valence-electron chi connectivity index (χ1n) is 9.23. The average Bonchev–Trinajstić information content (AvgIpc) is 2.76. The third-order valence-electron chi connectivity index (χ3n) is 4.37. The second-order valence-corrected chi connectivity index (χ2v) is 6.22. The maximum Gasteiger partial charge on any atom is 0.254 e. The van der Waals surface area contributed by atoms with Gasteiger partial charge in [0, 0.05) is 13.1 Å². The predicted molar refractivity (Wildman–Crippen MR) is 115 cm³/mol. The van der Waals surface area contributed by atoms with E-state index in [1.54, 1.807) is 12.1 Å². The van der Waals surface area contributed by atoms with Crippen LogP contribution in [0.3, 0.4) is 0 Å². The second kappa shape index (κ2) is 10.5. The second-order valence-electron chi connectivity index (χ2n) is 6.22. The van der Waals surface area contributed by atoms with Crippen molar-refractivity contribution in [3.05, 3.63) is 89.4 Å². The molecule has 0 bridgehead atoms. The van der Waals surface area contributed by atoms with E-state index >= 15 is 0 Å². The number of nitrogens with one attached hydrogen (secondary N) is 3. The lowest BCUT2D eigenvalue weighted by Gasteiger charge is -2.21. The number of carbonyl (C=O) groups excluding carboxylic acids is 2. The zero-order valence-corrected chi connectivity index (χ0v) is 16.5. The van der Waals surface area contributed by atoms with Crippen molar-refractivity contribution in [2.24, 2.45) is 0 Å². The van der Waals surface area contributed by atoms with Crippen LogP contribution in [0.15, 0.2) is 78.3 Å². The van der Waals surface area contributed by atoms with Crippen molar-refractivity contribution in [3.63, 3.8) is 0 Å². The smallest absolute Gasteiger partial charge is 0.254 e. The van der Waals surface area contributed by atoms with Crippen LogP contribution in [0.1, 0.15) is 35.3 Å². The van der Waals surface area contributed by atoms with Crippen molar-refractivity contribution >= 4 is 17.9 Å². The number of allylic oxidation sites excluding steroid dienone is 2. The Hall–Kier alpha value is -3.76. The van der Waals surface area contributed by atoms with Crippen LogP contribution >= 0.6 is 0 Å². The molecule has 1 amide bonds. The summed E-state index contributed by atoms with van der Waals surface area (Å²) in [5, 5.41) is 19.2. The van der Waals surface area contributed by atoms with Gasteiger partial charge in [-0.1, -0.05) is 49.9 Å². The molecule has 2 aromatic carbocycles. The average molecular weight is 391 g/mol. The number of para-hydroxylation sites is 1. The van der Waals surface area contributed by atoms with Crippen LogP contribution in [0, 0.1) is 0 Å². The van der Waals surface area contributed by atoms with E-state index in [0.717, 1.165) is 12.0 Å². The van der Waals surface area contributed by atoms with Gasteiger partial charge in [-0.05, 0) is 24.1 Å². The van der Waals surface area contributed by atoms with E-state index in [9.17, 15) is 14.7 Å². The quantitative estimate of drug-likeness (QED) is 0.172. The highest BCUT2D eigenvalue weighted by atomic mass is 16.3. The molecule has 0 aliphatic heterocycles. The Morgan fingerprint density at radius 3 is 2.48 bits per heavy atom. The molecule has 0 aliphatic rings. The van der Waals surface area contributed by atoms with Gasteiger partial charge in [-0.2, -0.15) is 0 Å². The molecule has 0 heterocycles. The first-order valence-corrected chi connectivity index (χ1v) is 9.23. The number of phenols is 1. The number of aldehydes is 1.